The minimum Gasteiger partial charge on any atom is -0.497 e. The number of hydrogen-bond acceptors (Lipinski definition) is 8. The number of carbonyl (C=O) groups is 5. The molecule has 3 aromatic rings. The van der Waals surface area contributed by atoms with E-state index in [9.17, 15) is 55.4 Å². The predicted octanol–water partition coefficient (Wildman–Crippen LogP) is 4.03. The normalized spacial score (nSPS) is 12.7. The van der Waals surface area contributed by atoms with Crippen molar-refractivity contribution in [3.05, 3.63) is 101 Å². The molecule has 238 valence electrons. The van der Waals surface area contributed by atoms with Crippen LogP contribution in [-0.2, 0) is 31.4 Å². The lowest BCUT2D eigenvalue weighted by molar-refractivity contribution is -0.159. The first-order chi connectivity index (χ1) is 21.0. The smallest absolute Gasteiger partial charge is 0.416 e. The zero-order valence-electron chi connectivity index (χ0n) is 22.6. The van der Waals surface area contributed by atoms with E-state index in [1.807, 2.05) is 5.43 Å². The van der Waals surface area contributed by atoms with Crippen molar-refractivity contribution in [2.24, 2.45) is 0 Å². The molecule has 3 N–H and O–H groups in total. The Morgan fingerprint density at radius 1 is 0.667 bits per heavy atom. The molecular weight excluding hydrogens is 622 g/mol. The number of rotatable bonds is 9. The van der Waals surface area contributed by atoms with Gasteiger partial charge in [0, 0.05) is 5.56 Å². The minimum absolute atomic E-state index is 0.0561. The molecule has 0 fully saturated rings. The zero-order chi connectivity index (χ0) is 33.5. The summed E-state index contributed by atoms with van der Waals surface area (Å²) in [7, 11) is 1.36. The van der Waals surface area contributed by atoms with Crippen molar-refractivity contribution < 1.29 is 69.6 Å². The third-order valence-electron chi connectivity index (χ3n) is 5.75. The molecule has 0 unspecified atom stereocenters. The van der Waals surface area contributed by atoms with Crippen molar-refractivity contribution in [1.82, 2.24) is 10.9 Å². The Kier molecular flexibility index (Phi) is 10.4. The van der Waals surface area contributed by atoms with E-state index in [4.69, 9.17) is 14.2 Å². The maximum atomic E-state index is 13.2. The van der Waals surface area contributed by atoms with E-state index < -0.39 is 76.5 Å². The summed E-state index contributed by atoms with van der Waals surface area (Å²) in [6, 6.07) is 10.4. The molecule has 2 atom stereocenters. The fourth-order valence-electron chi connectivity index (χ4n) is 3.51. The minimum atomic E-state index is -4.91. The van der Waals surface area contributed by atoms with Gasteiger partial charge in [0.1, 0.15) is 5.75 Å². The van der Waals surface area contributed by atoms with Gasteiger partial charge in [-0.15, -0.1) is 0 Å². The average molecular weight is 642 g/mol. The van der Waals surface area contributed by atoms with E-state index in [1.165, 1.54) is 31.4 Å². The summed E-state index contributed by atoms with van der Waals surface area (Å²) < 4.78 is 93.3. The lowest BCUT2D eigenvalue weighted by Crippen LogP contribution is -2.54. The van der Waals surface area contributed by atoms with Crippen molar-refractivity contribution in [3.63, 3.8) is 0 Å². The van der Waals surface area contributed by atoms with Crippen LogP contribution in [0.25, 0.3) is 0 Å². The number of ether oxygens (including phenoxy) is 3. The predicted molar refractivity (Wildman–Crippen MR) is 138 cm³/mol. The molecule has 0 radical (unpaired) electrons. The second-order valence-electron chi connectivity index (χ2n) is 8.82. The number of hydrazine groups is 1. The topological polar surface area (TPSA) is 157 Å². The van der Waals surface area contributed by atoms with Gasteiger partial charge in [0.05, 0.1) is 29.4 Å². The molecule has 11 nitrogen and oxygen atoms in total. The Bertz CT molecular complexity index is 1590. The van der Waals surface area contributed by atoms with E-state index in [2.05, 4.69) is 0 Å². The number of halogens is 6. The van der Waals surface area contributed by atoms with E-state index in [0.29, 0.717) is 30.0 Å². The van der Waals surface area contributed by atoms with Crippen molar-refractivity contribution in [2.45, 2.75) is 24.6 Å². The fourth-order valence-corrected chi connectivity index (χ4v) is 3.51. The van der Waals surface area contributed by atoms with Gasteiger partial charge in [0.2, 0.25) is 12.2 Å². The van der Waals surface area contributed by atoms with Gasteiger partial charge in [0.25, 0.3) is 11.8 Å². The monoisotopic (exact) mass is 642 g/mol. The number of alkyl halides is 6. The molecule has 0 aromatic heterocycles. The summed E-state index contributed by atoms with van der Waals surface area (Å²) in [4.78, 5) is 63.0. The van der Waals surface area contributed by atoms with Crippen molar-refractivity contribution in [1.29, 1.82) is 0 Å². The first-order valence-electron chi connectivity index (χ1n) is 12.2. The maximum absolute atomic E-state index is 13.2. The molecule has 3 aromatic carbocycles. The first-order valence-corrected chi connectivity index (χ1v) is 12.2. The number of carbonyl (C=O) groups excluding carboxylic acids is 4. The van der Waals surface area contributed by atoms with Crippen molar-refractivity contribution in [3.8, 4) is 5.75 Å². The SMILES string of the molecule is COc1ccc(C(=O)NNC(=O)[C@H](OC(=O)c2cccc(C(F)(F)F)c2)[C@@H](OC(=O)c2cccc(C(F)(F)F)c2)C(=O)O)cc1. The number of methoxy groups -OCH3 is 1. The third kappa shape index (κ3) is 8.94. The van der Waals surface area contributed by atoms with Crippen molar-refractivity contribution in [2.75, 3.05) is 7.11 Å². The van der Waals surface area contributed by atoms with Gasteiger partial charge in [-0.2, -0.15) is 26.3 Å². The largest absolute Gasteiger partial charge is 0.497 e. The number of amides is 2. The molecular formula is C28H20F6N2O9. The molecule has 0 aliphatic rings. The number of esters is 2. The number of benzene rings is 3. The van der Waals surface area contributed by atoms with Crippen LogP contribution in [0.15, 0.2) is 72.8 Å². The van der Waals surface area contributed by atoms with Gasteiger partial charge in [0.15, 0.2) is 0 Å². The van der Waals surface area contributed by atoms with Gasteiger partial charge < -0.3 is 19.3 Å². The van der Waals surface area contributed by atoms with Crippen LogP contribution in [0.5, 0.6) is 5.75 Å². The maximum Gasteiger partial charge on any atom is 0.416 e. The van der Waals surface area contributed by atoms with Crippen LogP contribution >= 0.6 is 0 Å². The Morgan fingerprint density at radius 2 is 1.13 bits per heavy atom. The molecule has 0 bridgehead atoms. The summed E-state index contributed by atoms with van der Waals surface area (Å²) in [5.74, 6) is -7.83. The molecule has 0 aliphatic heterocycles. The molecule has 17 heteroatoms. The Balaban J connectivity index is 1.92. The Morgan fingerprint density at radius 3 is 1.56 bits per heavy atom. The summed E-state index contributed by atoms with van der Waals surface area (Å²) in [6.07, 6.45) is -15.3. The Hall–Kier alpha value is -5.61. The highest BCUT2D eigenvalue weighted by atomic mass is 19.4. The average Bonchev–Trinajstić information content (AvgIpc) is 3.00. The second kappa shape index (κ2) is 13.8. The van der Waals surface area contributed by atoms with Crippen LogP contribution in [-0.4, -0.2) is 54.1 Å². The van der Waals surface area contributed by atoms with Crippen LogP contribution < -0.4 is 15.6 Å². The van der Waals surface area contributed by atoms with Gasteiger partial charge in [-0.1, -0.05) is 12.1 Å². The van der Waals surface area contributed by atoms with Gasteiger partial charge in [-0.25, -0.2) is 14.4 Å². The summed E-state index contributed by atoms with van der Waals surface area (Å²) in [5, 5.41) is 9.73. The number of carboxylic acids is 1. The van der Waals surface area contributed by atoms with Gasteiger partial charge in [-0.05, 0) is 60.7 Å². The van der Waals surface area contributed by atoms with E-state index in [-0.39, 0.29) is 5.56 Å². The number of nitrogens with one attached hydrogen (secondary N) is 2. The summed E-state index contributed by atoms with van der Waals surface area (Å²) in [6.45, 7) is 0. The summed E-state index contributed by atoms with van der Waals surface area (Å²) >= 11 is 0. The zero-order valence-corrected chi connectivity index (χ0v) is 22.6. The highest BCUT2D eigenvalue weighted by Crippen LogP contribution is 2.31. The van der Waals surface area contributed by atoms with Crippen molar-refractivity contribution >= 4 is 29.7 Å². The number of aliphatic carboxylic acids is 1. The lowest BCUT2D eigenvalue weighted by Gasteiger charge is -2.24. The molecule has 0 aliphatic carbocycles. The standard InChI is InChI=1S/C28H20F6N2O9/c1-43-19-10-8-14(9-11-19)22(37)35-36-23(38)20(44-25(41)15-4-2-6-17(12-15)27(29,30)31)21(24(39)40)45-26(42)16-5-3-7-18(13-16)28(32,33)34/h2-13,20-21H,1H3,(H,35,37)(H,36,38)(H,39,40)/t20-,21-/m1/s1. The van der Waals surface area contributed by atoms with Crippen LogP contribution in [0.4, 0.5) is 26.3 Å². The van der Waals surface area contributed by atoms with E-state index >= 15 is 0 Å². The molecule has 0 spiro atoms. The second-order valence-corrected chi connectivity index (χ2v) is 8.82. The van der Waals surface area contributed by atoms with Crippen LogP contribution in [0.2, 0.25) is 0 Å². The highest BCUT2D eigenvalue weighted by molar-refractivity contribution is 5.99. The van der Waals surface area contributed by atoms with E-state index in [0.717, 1.165) is 24.3 Å². The molecule has 3 rings (SSSR count). The summed E-state index contributed by atoms with van der Waals surface area (Å²) in [5.41, 5.74) is -0.663. The molecule has 2 amide bonds. The quantitative estimate of drug-likeness (QED) is 0.178. The van der Waals surface area contributed by atoms with E-state index in [1.54, 1.807) is 5.43 Å². The van der Waals surface area contributed by atoms with Crippen LogP contribution in [0.3, 0.4) is 0 Å². The molecule has 0 saturated carbocycles. The third-order valence-corrected chi connectivity index (χ3v) is 5.75. The van der Waals surface area contributed by atoms with Gasteiger partial charge >= 0.3 is 30.3 Å². The number of hydrogen-bond donors (Lipinski definition) is 3. The fraction of sp³-hybridized carbons (Fsp3) is 0.179. The number of carboxylic acid groups (broad SMARTS) is 1. The highest BCUT2D eigenvalue weighted by Gasteiger charge is 2.42. The lowest BCUT2D eigenvalue weighted by atomic mass is 10.1. The van der Waals surface area contributed by atoms with Crippen LogP contribution in [0, 0.1) is 0 Å². The van der Waals surface area contributed by atoms with Crippen LogP contribution in [0.1, 0.15) is 42.2 Å². The first kappa shape index (κ1) is 33.9. The molecule has 45 heavy (non-hydrogen) atoms. The Labute approximate surface area is 248 Å². The van der Waals surface area contributed by atoms with Gasteiger partial charge in [-0.3, -0.25) is 20.4 Å². The molecule has 0 saturated heterocycles. The molecule has 0 heterocycles.